The number of likely N-dealkylation sites (tertiary alicyclic amines) is 1. The normalized spacial score (nSPS) is 17.5. The third kappa shape index (κ3) is 3.77. The van der Waals surface area contributed by atoms with Crippen LogP contribution >= 0.6 is 0 Å². The Kier molecular flexibility index (Phi) is 5.01. The Balaban J connectivity index is 1.54. The number of aryl methyl sites for hydroxylation is 1. The van der Waals surface area contributed by atoms with Crippen LogP contribution in [0.4, 0.5) is 0 Å². The van der Waals surface area contributed by atoms with Crippen molar-refractivity contribution in [3.63, 3.8) is 0 Å². The van der Waals surface area contributed by atoms with E-state index in [-0.39, 0.29) is 5.91 Å². The molecule has 5 heteroatoms. The topological polar surface area (TPSA) is 59.2 Å². The molecule has 1 unspecified atom stereocenters. The van der Waals surface area contributed by atoms with Crippen molar-refractivity contribution < 1.29 is 9.21 Å². The van der Waals surface area contributed by atoms with Crippen molar-refractivity contribution >= 4 is 5.91 Å². The van der Waals surface area contributed by atoms with Gasteiger partial charge in [0.15, 0.2) is 0 Å². The summed E-state index contributed by atoms with van der Waals surface area (Å²) in [5, 5.41) is 7.98. The van der Waals surface area contributed by atoms with E-state index in [1.807, 2.05) is 35.2 Å². The maximum Gasteiger partial charge on any atom is 0.254 e. The predicted molar refractivity (Wildman–Crippen MR) is 103 cm³/mol. The summed E-state index contributed by atoms with van der Waals surface area (Å²) in [4.78, 5) is 15.2. The zero-order valence-electron chi connectivity index (χ0n) is 15.5. The maximum atomic E-state index is 13.2. The third-order valence-corrected chi connectivity index (χ3v) is 5.20. The van der Waals surface area contributed by atoms with Crippen LogP contribution in [-0.4, -0.2) is 34.1 Å². The standard InChI is InChI=1S/C22H23N3O2/c1-16-23-24-21(27-16)19-11-5-6-12-20(19)22(26)25-14-7-10-18(13-15-25)17-8-3-2-4-9-17/h2-6,8-9,11-12,18H,7,10,13-15H2,1H3. The predicted octanol–water partition coefficient (Wildman–Crippen LogP) is 4.45. The second-order valence-corrected chi connectivity index (χ2v) is 7.00. The molecule has 1 aliphatic rings. The smallest absolute Gasteiger partial charge is 0.254 e. The number of benzene rings is 2. The minimum Gasteiger partial charge on any atom is -0.421 e. The molecule has 27 heavy (non-hydrogen) atoms. The van der Waals surface area contributed by atoms with Gasteiger partial charge >= 0.3 is 0 Å². The molecule has 3 aromatic rings. The highest BCUT2D eigenvalue weighted by Gasteiger charge is 2.25. The van der Waals surface area contributed by atoms with E-state index in [0.29, 0.717) is 28.8 Å². The van der Waals surface area contributed by atoms with Gasteiger partial charge in [-0.1, -0.05) is 42.5 Å². The quantitative estimate of drug-likeness (QED) is 0.691. The van der Waals surface area contributed by atoms with Crippen LogP contribution in [0.25, 0.3) is 11.5 Å². The lowest BCUT2D eigenvalue weighted by Gasteiger charge is -2.21. The second-order valence-electron chi connectivity index (χ2n) is 7.00. The first-order valence-electron chi connectivity index (χ1n) is 9.46. The van der Waals surface area contributed by atoms with Gasteiger partial charge in [0.2, 0.25) is 11.8 Å². The molecule has 5 nitrogen and oxygen atoms in total. The lowest BCUT2D eigenvalue weighted by molar-refractivity contribution is 0.0761. The van der Waals surface area contributed by atoms with E-state index in [1.165, 1.54) is 5.56 Å². The molecule has 138 valence electrons. The van der Waals surface area contributed by atoms with Gasteiger partial charge in [-0.15, -0.1) is 10.2 Å². The number of hydrogen-bond donors (Lipinski definition) is 0. The van der Waals surface area contributed by atoms with E-state index < -0.39 is 0 Å². The molecule has 1 amide bonds. The molecular weight excluding hydrogens is 338 g/mol. The van der Waals surface area contributed by atoms with Gasteiger partial charge in [-0.05, 0) is 42.9 Å². The van der Waals surface area contributed by atoms with Gasteiger partial charge in [0.25, 0.3) is 5.91 Å². The Bertz CT molecular complexity index is 920. The molecule has 0 aliphatic carbocycles. The van der Waals surface area contributed by atoms with Gasteiger partial charge in [0.1, 0.15) is 0 Å². The van der Waals surface area contributed by atoms with Crippen LogP contribution in [0.5, 0.6) is 0 Å². The molecule has 0 N–H and O–H groups in total. The van der Waals surface area contributed by atoms with Gasteiger partial charge < -0.3 is 9.32 Å². The monoisotopic (exact) mass is 361 g/mol. The molecule has 1 saturated heterocycles. The summed E-state index contributed by atoms with van der Waals surface area (Å²) in [5.74, 6) is 1.44. The van der Waals surface area contributed by atoms with Crippen LogP contribution < -0.4 is 0 Å². The van der Waals surface area contributed by atoms with E-state index in [0.717, 1.165) is 32.4 Å². The van der Waals surface area contributed by atoms with Crippen LogP contribution in [0, 0.1) is 6.92 Å². The third-order valence-electron chi connectivity index (χ3n) is 5.20. The molecule has 0 bridgehead atoms. The number of carbonyl (C=O) groups is 1. The fourth-order valence-corrected chi connectivity index (χ4v) is 3.79. The second kappa shape index (κ2) is 7.74. The Hall–Kier alpha value is -2.95. The van der Waals surface area contributed by atoms with Crippen LogP contribution in [-0.2, 0) is 0 Å². The highest BCUT2D eigenvalue weighted by Crippen LogP contribution is 2.30. The summed E-state index contributed by atoms with van der Waals surface area (Å²) >= 11 is 0. The van der Waals surface area contributed by atoms with Crippen molar-refractivity contribution in [1.29, 1.82) is 0 Å². The van der Waals surface area contributed by atoms with Crippen molar-refractivity contribution in [2.75, 3.05) is 13.1 Å². The zero-order valence-corrected chi connectivity index (χ0v) is 15.5. The van der Waals surface area contributed by atoms with Gasteiger partial charge in [-0.2, -0.15) is 0 Å². The number of rotatable bonds is 3. The van der Waals surface area contributed by atoms with Crippen LogP contribution in [0.2, 0.25) is 0 Å². The van der Waals surface area contributed by atoms with Crippen molar-refractivity contribution in [2.45, 2.75) is 32.1 Å². The SMILES string of the molecule is Cc1nnc(-c2ccccc2C(=O)N2CCCC(c3ccccc3)CC2)o1. The molecule has 0 saturated carbocycles. The number of aromatic nitrogens is 2. The van der Waals surface area contributed by atoms with Crippen LogP contribution in [0.1, 0.15) is 47.0 Å². The Morgan fingerprint density at radius 3 is 2.56 bits per heavy atom. The van der Waals surface area contributed by atoms with Crippen molar-refractivity contribution in [3.05, 3.63) is 71.6 Å². The Morgan fingerprint density at radius 1 is 1.00 bits per heavy atom. The summed E-state index contributed by atoms with van der Waals surface area (Å²) in [7, 11) is 0. The van der Waals surface area contributed by atoms with Crippen LogP contribution in [0.15, 0.2) is 59.0 Å². The molecular formula is C22H23N3O2. The lowest BCUT2D eigenvalue weighted by Crippen LogP contribution is -2.32. The average Bonchev–Trinajstić information content (AvgIpc) is 3.00. The zero-order chi connectivity index (χ0) is 18.6. The summed E-state index contributed by atoms with van der Waals surface area (Å²) in [6.07, 6.45) is 3.10. The van der Waals surface area contributed by atoms with Crippen molar-refractivity contribution in [2.24, 2.45) is 0 Å². The highest BCUT2D eigenvalue weighted by atomic mass is 16.4. The molecule has 1 aromatic heterocycles. The Labute approximate surface area is 159 Å². The minimum atomic E-state index is 0.0372. The first-order valence-corrected chi connectivity index (χ1v) is 9.46. The average molecular weight is 361 g/mol. The molecule has 1 fully saturated rings. The van der Waals surface area contributed by atoms with E-state index in [4.69, 9.17) is 4.42 Å². The summed E-state index contributed by atoms with van der Waals surface area (Å²) in [6, 6.07) is 18.1. The van der Waals surface area contributed by atoms with E-state index in [1.54, 1.807) is 6.92 Å². The molecule has 0 spiro atoms. The number of carbonyl (C=O) groups excluding carboxylic acids is 1. The van der Waals surface area contributed by atoms with Gasteiger partial charge in [-0.3, -0.25) is 4.79 Å². The van der Waals surface area contributed by atoms with Crippen molar-refractivity contribution in [1.82, 2.24) is 15.1 Å². The molecule has 2 aromatic carbocycles. The first-order chi connectivity index (χ1) is 13.2. The summed E-state index contributed by atoms with van der Waals surface area (Å²) in [6.45, 7) is 3.29. The number of nitrogens with zero attached hydrogens (tertiary/aromatic N) is 3. The van der Waals surface area contributed by atoms with Gasteiger partial charge in [0.05, 0.1) is 11.1 Å². The molecule has 0 radical (unpaired) electrons. The number of hydrogen-bond acceptors (Lipinski definition) is 4. The number of amides is 1. The van der Waals surface area contributed by atoms with E-state index in [9.17, 15) is 4.79 Å². The first kappa shape index (κ1) is 17.5. The summed E-state index contributed by atoms with van der Waals surface area (Å²) in [5.41, 5.74) is 2.69. The molecule has 4 rings (SSSR count). The molecule has 1 aliphatic heterocycles. The molecule has 2 heterocycles. The Morgan fingerprint density at radius 2 is 1.78 bits per heavy atom. The maximum absolute atomic E-state index is 13.2. The lowest BCUT2D eigenvalue weighted by atomic mass is 9.92. The van der Waals surface area contributed by atoms with E-state index >= 15 is 0 Å². The van der Waals surface area contributed by atoms with Crippen LogP contribution in [0.3, 0.4) is 0 Å². The van der Waals surface area contributed by atoms with Crippen molar-refractivity contribution in [3.8, 4) is 11.5 Å². The van der Waals surface area contributed by atoms with Gasteiger partial charge in [-0.25, -0.2) is 0 Å². The minimum absolute atomic E-state index is 0.0372. The largest absolute Gasteiger partial charge is 0.421 e. The van der Waals surface area contributed by atoms with E-state index in [2.05, 4.69) is 34.5 Å². The van der Waals surface area contributed by atoms with Gasteiger partial charge in [0, 0.05) is 20.0 Å². The fraction of sp³-hybridized carbons (Fsp3) is 0.318. The summed E-state index contributed by atoms with van der Waals surface area (Å²) < 4.78 is 5.55. The molecule has 1 atom stereocenters. The fourth-order valence-electron chi connectivity index (χ4n) is 3.79. The highest BCUT2D eigenvalue weighted by molar-refractivity contribution is 6.00.